The number of hydrogen-bond acceptors (Lipinski definition) is 3. The first-order valence-electron chi connectivity index (χ1n) is 7.61. The summed E-state index contributed by atoms with van der Waals surface area (Å²) in [6.45, 7) is 4.54. The largest absolute Gasteiger partial charge is 0.395 e. The molecule has 0 spiro atoms. The molecule has 4 heteroatoms. The highest BCUT2D eigenvalue weighted by molar-refractivity contribution is 7.12. The second-order valence-electron chi connectivity index (χ2n) is 5.79. The molecule has 1 aliphatic rings. The lowest BCUT2D eigenvalue weighted by Crippen LogP contribution is -2.43. The van der Waals surface area contributed by atoms with Gasteiger partial charge < -0.3 is 10.4 Å². The lowest BCUT2D eigenvalue weighted by molar-refractivity contribution is 0.0895. The van der Waals surface area contributed by atoms with Gasteiger partial charge in [0.05, 0.1) is 6.61 Å². The molecule has 0 saturated heterocycles. The number of aliphatic hydroxyl groups is 1. The molecule has 1 aliphatic carbocycles. The average molecular weight is 305 g/mol. The van der Waals surface area contributed by atoms with Crippen molar-refractivity contribution in [3.05, 3.63) is 21.9 Å². The zero-order valence-corrected chi connectivity index (χ0v) is 13.5. The van der Waals surface area contributed by atoms with Crippen LogP contribution in [0.3, 0.4) is 0 Å². The van der Waals surface area contributed by atoms with E-state index in [-0.39, 0.29) is 18.6 Å². The van der Waals surface area contributed by atoms with Gasteiger partial charge in [-0.1, -0.05) is 38.5 Å². The number of aliphatic hydroxyl groups excluding tert-OH is 1. The van der Waals surface area contributed by atoms with Gasteiger partial charge in [-0.15, -0.1) is 11.3 Å². The van der Waals surface area contributed by atoms with Crippen LogP contribution in [0.25, 0.3) is 0 Å². The normalized spacial score (nSPS) is 25.0. The van der Waals surface area contributed by atoms with Crippen LogP contribution in [0.5, 0.6) is 0 Å². The maximum atomic E-state index is 12.5. The minimum absolute atomic E-state index is 0.00996. The third kappa shape index (κ3) is 4.09. The van der Waals surface area contributed by atoms with E-state index in [4.69, 9.17) is 5.11 Å². The standard InChI is InChI=1S/C17H23NO2S/c1-12-6-5-8-15(13(12)2)18-17(20)16-14(9-11-21-16)7-3-4-10-19/h9,11-13,15,19H,4-6,8,10H2,1-2H3,(H,18,20). The SMILES string of the molecule is CC1CCCC(NC(=O)c2sccc2C#CCCO)C1C. The molecule has 21 heavy (non-hydrogen) atoms. The minimum Gasteiger partial charge on any atom is -0.395 e. The Morgan fingerprint density at radius 2 is 2.29 bits per heavy atom. The monoisotopic (exact) mass is 305 g/mol. The van der Waals surface area contributed by atoms with Gasteiger partial charge in [-0.2, -0.15) is 0 Å². The summed E-state index contributed by atoms with van der Waals surface area (Å²) < 4.78 is 0. The van der Waals surface area contributed by atoms with E-state index in [0.29, 0.717) is 23.1 Å². The molecule has 3 nitrogen and oxygen atoms in total. The fraction of sp³-hybridized carbons (Fsp3) is 0.588. The van der Waals surface area contributed by atoms with Gasteiger partial charge in [0.2, 0.25) is 0 Å². The van der Waals surface area contributed by atoms with Crippen LogP contribution >= 0.6 is 11.3 Å². The first-order valence-corrected chi connectivity index (χ1v) is 8.49. The van der Waals surface area contributed by atoms with E-state index >= 15 is 0 Å². The van der Waals surface area contributed by atoms with Crippen LogP contribution in [0.1, 0.15) is 54.8 Å². The summed E-state index contributed by atoms with van der Waals surface area (Å²) in [5.74, 6) is 7.02. The first kappa shape index (κ1) is 16.1. The molecule has 2 N–H and O–H groups in total. The Hall–Kier alpha value is -1.31. The van der Waals surface area contributed by atoms with Crippen molar-refractivity contribution in [3.63, 3.8) is 0 Å². The number of carbonyl (C=O) groups excluding carboxylic acids is 1. The van der Waals surface area contributed by atoms with Crippen molar-refractivity contribution in [2.45, 2.75) is 45.6 Å². The van der Waals surface area contributed by atoms with Crippen LogP contribution in [0.2, 0.25) is 0 Å². The van der Waals surface area contributed by atoms with Crippen LogP contribution < -0.4 is 5.32 Å². The predicted molar refractivity (Wildman–Crippen MR) is 86.3 cm³/mol. The zero-order chi connectivity index (χ0) is 15.2. The molecule has 0 bridgehead atoms. The van der Waals surface area contributed by atoms with E-state index < -0.39 is 0 Å². The maximum absolute atomic E-state index is 12.5. The lowest BCUT2D eigenvalue weighted by atomic mass is 9.78. The molecule has 114 valence electrons. The van der Waals surface area contributed by atoms with Gasteiger partial charge in [0.1, 0.15) is 4.88 Å². The van der Waals surface area contributed by atoms with Crippen LogP contribution in [-0.4, -0.2) is 23.7 Å². The summed E-state index contributed by atoms with van der Waals surface area (Å²) in [7, 11) is 0. The molecule has 1 aromatic rings. The Balaban J connectivity index is 2.04. The van der Waals surface area contributed by atoms with Crippen LogP contribution in [-0.2, 0) is 0 Å². The molecular formula is C17H23NO2S. The maximum Gasteiger partial charge on any atom is 0.262 e. The quantitative estimate of drug-likeness (QED) is 0.843. The molecule has 3 unspecified atom stereocenters. The average Bonchev–Trinajstić information content (AvgIpc) is 2.93. The second kappa shape index (κ2) is 7.63. The van der Waals surface area contributed by atoms with Crippen molar-refractivity contribution in [3.8, 4) is 11.8 Å². The Morgan fingerprint density at radius 1 is 1.48 bits per heavy atom. The number of nitrogens with one attached hydrogen (secondary N) is 1. The van der Waals surface area contributed by atoms with E-state index in [9.17, 15) is 4.79 Å². The first-order chi connectivity index (χ1) is 10.1. The molecule has 2 rings (SSSR count). The lowest BCUT2D eigenvalue weighted by Gasteiger charge is -2.34. The van der Waals surface area contributed by atoms with Gasteiger partial charge in [0, 0.05) is 18.0 Å². The fourth-order valence-electron chi connectivity index (χ4n) is 2.82. The molecule has 3 atom stereocenters. The summed E-state index contributed by atoms with van der Waals surface area (Å²) in [6.07, 6.45) is 3.94. The predicted octanol–water partition coefficient (Wildman–Crippen LogP) is 3.04. The molecular weight excluding hydrogens is 282 g/mol. The highest BCUT2D eigenvalue weighted by Gasteiger charge is 2.28. The van der Waals surface area contributed by atoms with E-state index in [2.05, 4.69) is 31.0 Å². The summed E-state index contributed by atoms with van der Waals surface area (Å²) in [5.41, 5.74) is 0.766. The van der Waals surface area contributed by atoms with Gasteiger partial charge in [0.15, 0.2) is 0 Å². The molecule has 0 radical (unpaired) electrons. The van der Waals surface area contributed by atoms with Gasteiger partial charge in [-0.3, -0.25) is 4.79 Å². The number of hydrogen-bond donors (Lipinski definition) is 2. The third-order valence-electron chi connectivity index (χ3n) is 4.35. The topological polar surface area (TPSA) is 49.3 Å². The van der Waals surface area contributed by atoms with Crippen molar-refractivity contribution in [2.75, 3.05) is 6.61 Å². The molecule has 0 aromatic carbocycles. The Morgan fingerprint density at radius 3 is 3.05 bits per heavy atom. The highest BCUT2D eigenvalue weighted by Crippen LogP contribution is 2.30. The molecule has 1 saturated carbocycles. The Kier molecular flexibility index (Phi) is 5.84. The Bertz CT molecular complexity index is 540. The van der Waals surface area contributed by atoms with Gasteiger partial charge in [-0.05, 0) is 29.7 Å². The van der Waals surface area contributed by atoms with Gasteiger partial charge >= 0.3 is 0 Å². The van der Waals surface area contributed by atoms with E-state index in [1.807, 2.05) is 11.4 Å². The second-order valence-corrected chi connectivity index (χ2v) is 6.70. The smallest absolute Gasteiger partial charge is 0.262 e. The molecule has 1 aromatic heterocycles. The number of amides is 1. The van der Waals surface area contributed by atoms with Crippen molar-refractivity contribution in [2.24, 2.45) is 11.8 Å². The van der Waals surface area contributed by atoms with Crippen molar-refractivity contribution >= 4 is 17.2 Å². The van der Waals surface area contributed by atoms with E-state index in [0.717, 1.165) is 12.0 Å². The fourth-order valence-corrected chi connectivity index (χ4v) is 3.57. The molecule has 0 aliphatic heterocycles. The van der Waals surface area contributed by atoms with Crippen molar-refractivity contribution in [1.29, 1.82) is 0 Å². The molecule has 1 amide bonds. The summed E-state index contributed by atoms with van der Waals surface area (Å²) in [6, 6.07) is 2.14. The third-order valence-corrected chi connectivity index (χ3v) is 5.27. The minimum atomic E-state index is -0.00996. The van der Waals surface area contributed by atoms with Crippen LogP contribution in [0.4, 0.5) is 0 Å². The number of carbonyl (C=O) groups is 1. The highest BCUT2D eigenvalue weighted by atomic mass is 32.1. The summed E-state index contributed by atoms with van der Waals surface area (Å²) in [5, 5.41) is 13.8. The number of rotatable bonds is 3. The van der Waals surface area contributed by atoms with Crippen LogP contribution in [0, 0.1) is 23.7 Å². The van der Waals surface area contributed by atoms with E-state index in [1.165, 1.54) is 24.2 Å². The van der Waals surface area contributed by atoms with Crippen molar-refractivity contribution < 1.29 is 9.90 Å². The number of thiophene rings is 1. The zero-order valence-electron chi connectivity index (χ0n) is 12.7. The molecule has 1 fully saturated rings. The summed E-state index contributed by atoms with van der Waals surface area (Å²) in [4.78, 5) is 13.1. The van der Waals surface area contributed by atoms with Gasteiger partial charge in [-0.25, -0.2) is 0 Å². The molecule has 1 heterocycles. The van der Waals surface area contributed by atoms with E-state index in [1.54, 1.807) is 0 Å². The Labute approximate surface area is 130 Å². The van der Waals surface area contributed by atoms with Crippen LogP contribution in [0.15, 0.2) is 11.4 Å². The van der Waals surface area contributed by atoms with Crippen molar-refractivity contribution in [1.82, 2.24) is 5.32 Å². The van der Waals surface area contributed by atoms with Gasteiger partial charge in [0.25, 0.3) is 5.91 Å². The summed E-state index contributed by atoms with van der Waals surface area (Å²) >= 11 is 1.43.